The molecule has 0 aromatic rings. The predicted molar refractivity (Wildman–Crippen MR) is 59.4 cm³/mol. The Hall–Kier alpha value is -1.50. The summed E-state index contributed by atoms with van der Waals surface area (Å²) in [6.45, 7) is 2.25. The molecule has 2 fully saturated rings. The maximum atomic E-state index is 12.1. The largest absolute Gasteiger partial charge is 0.325 e. The summed E-state index contributed by atoms with van der Waals surface area (Å²) < 4.78 is 0. The topological polar surface area (TPSA) is 49.4 Å². The second-order valence-corrected chi connectivity index (χ2v) is 4.79. The summed E-state index contributed by atoms with van der Waals surface area (Å²) in [5.41, 5.74) is -0.652. The smallest absolute Gasteiger partial charge is 0.323 e. The minimum absolute atomic E-state index is 0.0714. The molecule has 2 rings (SSSR count). The van der Waals surface area contributed by atoms with Gasteiger partial charge in [-0.3, -0.25) is 9.69 Å². The molecule has 1 saturated carbocycles. The Morgan fingerprint density at radius 2 is 2.12 bits per heavy atom. The van der Waals surface area contributed by atoms with Crippen molar-refractivity contribution in [1.82, 2.24) is 10.2 Å². The van der Waals surface area contributed by atoms with Crippen LogP contribution in [0.15, 0.2) is 0 Å². The zero-order chi connectivity index (χ0) is 11.8. The lowest BCUT2D eigenvalue weighted by Gasteiger charge is -2.33. The summed E-state index contributed by atoms with van der Waals surface area (Å²) in [7, 11) is 0. The third kappa shape index (κ3) is 1.57. The van der Waals surface area contributed by atoms with Gasteiger partial charge in [-0.25, -0.2) is 4.79 Å². The van der Waals surface area contributed by atoms with Gasteiger partial charge in [-0.15, -0.1) is 6.42 Å². The fourth-order valence-corrected chi connectivity index (χ4v) is 2.50. The molecule has 1 aliphatic heterocycles. The molecule has 0 atom stereocenters. The molecule has 0 aromatic carbocycles. The Morgan fingerprint density at radius 1 is 1.50 bits per heavy atom. The van der Waals surface area contributed by atoms with Crippen molar-refractivity contribution in [2.45, 2.75) is 38.1 Å². The van der Waals surface area contributed by atoms with E-state index in [9.17, 15) is 9.59 Å². The quantitative estimate of drug-likeness (QED) is 0.532. The maximum absolute atomic E-state index is 12.1. The molecular formula is C12H16N2O2. The molecule has 2 aliphatic rings. The number of urea groups is 1. The number of rotatable bonds is 1. The van der Waals surface area contributed by atoms with Crippen molar-refractivity contribution in [3.63, 3.8) is 0 Å². The highest BCUT2D eigenvalue weighted by Gasteiger charge is 2.51. The van der Waals surface area contributed by atoms with E-state index in [1.165, 1.54) is 0 Å². The highest BCUT2D eigenvalue weighted by atomic mass is 16.2. The van der Waals surface area contributed by atoms with Crippen LogP contribution in [0.2, 0.25) is 0 Å². The summed E-state index contributed by atoms with van der Waals surface area (Å²) in [4.78, 5) is 24.9. The predicted octanol–water partition coefficient (Wildman–Crippen LogP) is 1.12. The first-order valence-corrected chi connectivity index (χ1v) is 5.66. The first kappa shape index (κ1) is 11.0. The Kier molecular flexibility index (Phi) is 2.63. The van der Waals surface area contributed by atoms with Crippen molar-refractivity contribution in [3.05, 3.63) is 0 Å². The normalized spacial score (nSPS) is 34.0. The van der Waals surface area contributed by atoms with Gasteiger partial charge in [-0.2, -0.15) is 0 Å². The van der Waals surface area contributed by atoms with Gasteiger partial charge in [-0.1, -0.05) is 12.8 Å². The van der Waals surface area contributed by atoms with Crippen LogP contribution in [0.25, 0.3) is 0 Å². The highest BCUT2D eigenvalue weighted by molar-refractivity contribution is 6.07. The molecule has 1 N–H and O–H groups in total. The number of hydrogen-bond donors (Lipinski definition) is 1. The van der Waals surface area contributed by atoms with Gasteiger partial charge in [0.15, 0.2) is 0 Å². The van der Waals surface area contributed by atoms with Crippen LogP contribution in [-0.2, 0) is 4.79 Å². The van der Waals surface area contributed by atoms with Gasteiger partial charge in [0, 0.05) is 0 Å². The number of terminal acetylenes is 1. The molecule has 0 unspecified atom stereocenters. The van der Waals surface area contributed by atoms with E-state index in [0.717, 1.165) is 30.6 Å². The van der Waals surface area contributed by atoms with Crippen molar-refractivity contribution in [3.8, 4) is 12.3 Å². The lowest BCUT2D eigenvalue weighted by molar-refractivity contribution is -0.132. The summed E-state index contributed by atoms with van der Waals surface area (Å²) in [5.74, 6) is 2.84. The maximum Gasteiger partial charge on any atom is 0.325 e. The van der Waals surface area contributed by atoms with Gasteiger partial charge < -0.3 is 5.32 Å². The number of nitrogens with one attached hydrogen (secondary N) is 1. The molecule has 3 amide bonds. The van der Waals surface area contributed by atoms with E-state index in [2.05, 4.69) is 18.2 Å². The number of carbonyl (C=O) groups excluding carboxylic acids is 2. The molecule has 1 heterocycles. The average Bonchev–Trinajstić information content (AvgIpc) is 2.49. The molecule has 0 bridgehead atoms. The minimum atomic E-state index is -0.652. The van der Waals surface area contributed by atoms with Crippen molar-refractivity contribution in [2.75, 3.05) is 6.54 Å². The van der Waals surface area contributed by atoms with E-state index >= 15 is 0 Å². The molecule has 1 aliphatic carbocycles. The van der Waals surface area contributed by atoms with Gasteiger partial charge in [0.2, 0.25) is 0 Å². The molecule has 0 radical (unpaired) electrons. The van der Waals surface area contributed by atoms with E-state index < -0.39 is 5.54 Å². The number of hydrogen-bond acceptors (Lipinski definition) is 2. The van der Waals surface area contributed by atoms with Gasteiger partial charge in [0.25, 0.3) is 5.91 Å². The first-order valence-electron chi connectivity index (χ1n) is 5.66. The Balaban J connectivity index is 2.17. The monoisotopic (exact) mass is 220 g/mol. The molecule has 1 spiro atoms. The van der Waals surface area contributed by atoms with Gasteiger partial charge >= 0.3 is 6.03 Å². The molecule has 0 aromatic heterocycles. The van der Waals surface area contributed by atoms with Crippen molar-refractivity contribution in [2.24, 2.45) is 5.92 Å². The third-order valence-corrected chi connectivity index (χ3v) is 3.62. The lowest BCUT2D eigenvalue weighted by atomic mass is 9.77. The summed E-state index contributed by atoms with van der Waals surface area (Å²) in [6.07, 6.45) is 8.58. The molecule has 1 saturated heterocycles. The zero-order valence-corrected chi connectivity index (χ0v) is 9.45. The van der Waals surface area contributed by atoms with E-state index in [-0.39, 0.29) is 18.5 Å². The van der Waals surface area contributed by atoms with Crippen LogP contribution in [0.1, 0.15) is 32.6 Å². The Morgan fingerprint density at radius 3 is 2.69 bits per heavy atom. The number of carbonyl (C=O) groups is 2. The third-order valence-electron chi connectivity index (χ3n) is 3.62. The summed E-state index contributed by atoms with van der Waals surface area (Å²) in [6, 6.07) is -0.336. The van der Waals surface area contributed by atoms with Crippen LogP contribution >= 0.6 is 0 Å². The van der Waals surface area contributed by atoms with E-state index in [1.807, 2.05) is 0 Å². The molecule has 16 heavy (non-hydrogen) atoms. The van der Waals surface area contributed by atoms with Gasteiger partial charge in [-0.05, 0) is 31.6 Å². The average molecular weight is 220 g/mol. The van der Waals surface area contributed by atoms with Crippen LogP contribution in [0.5, 0.6) is 0 Å². The SMILES string of the molecule is C#CCN1C(=O)NC2(CCC(C)CC2)C1=O. The minimum Gasteiger partial charge on any atom is -0.323 e. The standard InChI is InChI=1S/C12H16N2O2/c1-3-8-14-10(15)12(13-11(14)16)6-4-9(2)5-7-12/h1,9H,4-8H2,2H3,(H,13,16). The number of imide groups is 1. The van der Waals surface area contributed by atoms with Crippen molar-refractivity contribution in [1.29, 1.82) is 0 Å². The van der Waals surface area contributed by atoms with Crippen molar-refractivity contribution >= 4 is 11.9 Å². The number of amides is 3. The molecular weight excluding hydrogens is 204 g/mol. The zero-order valence-electron chi connectivity index (χ0n) is 9.45. The fraction of sp³-hybridized carbons (Fsp3) is 0.667. The van der Waals surface area contributed by atoms with Gasteiger partial charge in [0.05, 0.1) is 6.54 Å². The molecule has 4 heteroatoms. The van der Waals surface area contributed by atoms with Crippen LogP contribution < -0.4 is 5.32 Å². The van der Waals surface area contributed by atoms with E-state index in [0.29, 0.717) is 5.92 Å². The van der Waals surface area contributed by atoms with Crippen molar-refractivity contribution < 1.29 is 9.59 Å². The van der Waals surface area contributed by atoms with E-state index in [4.69, 9.17) is 6.42 Å². The van der Waals surface area contributed by atoms with Crippen LogP contribution in [0, 0.1) is 18.3 Å². The van der Waals surface area contributed by atoms with Gasteiger partial charge in [0.1, 0.15) is 5.54 Å². The van der Waals surface area contributed by atoms with Crippen LogP contribution in [0.3, 0.4) is 0 Å². The number of nitrogens with zero attached hydrogens (tertiary/aromatic N) is 1. The summed E-state index contributed by atoms with van der Waals surface area (Å²) in [5, 5.41) is 2.82. The lowest BCUT2D eigenvalue weighted by Crippen LogP contribution is -2.49. The Bertz CT molecular complexity index is 362. The Labute approximate surface area is 95.4 Å². The van der Waals surface area contributed by atoms with Crippen LogP contribution in [-0.4, -0.2) is 28.9 Å². The van der Waals surface area contributed by atoms with Crippen LogP contribution in [0.4, 0.5) is 4.79 Å². The fourth-order valence-electron chi connectivity index (χ4n) is 2.50. The molecule has 86 valence electrons. The van der Waals surface area contributed by atoms with E-state index in [1.54, 1.807) is 0 Å². The second-order valence-electron chi connectivity index (χ2n) is 4.79. The molecule has 4 nitrogen and oxygen atoms in total. The first-order chi connectivity index (χ1) is 7.59. The highest BCUT2D eigenvalue weighted by Crippen LogP contribution is 2.36. The summed E-state index contributed by atoms with van der Waals surface area (Å²) >= 11 is 0. The second kappa shape index (κ2) is 3.82.